The number of benzene rings is 1. The Balaban J connectivity index is 2.81. The Morgan fingerprint density at radius 3 is 2.52 bits per heavy atom. The maximum absolute atomic E-state index is 13.6. The number of esters is 1. The molecule has 4 nitrogen and oxygen atoms in total. The Kier molecular flexibility index (Phi) is 5.80. The first-order valence-electron chi connectivity index (χ1n) is 6.65. The second-order valence-corrected chi connectivity index (χ2v) is 5.95. The Morgan fingerprint density at radius 2 is 2.00 bits per heavy atom. The van der Waals surface area contributed by atoms with Crippen molar-refractivity contribution in [1.29, 1.82) is 0 Å². The predicted octanol–water partition coefficient (Wildman–Crippen LogP) is 2.49. The molecule has 1 N–H and O–H groups in total. The fourth-order valence-corrected chi connectivity index (χ4v) is 2.19. The molecule has 0 spiro atoms. The van der Waals surface area contributed by atoms with Crippen LogP contribution in [0.4, 0.5) is 8.78 Å². The van der Waals surface area contributed by atoms with Crippen LogP contribution in [0.3, 0.4) is 0 Å². The first kappa shape index (κ1) is 17.5. The van der Waals surface area contributed by atoms with E-state index in [1.54, 1.807) is 12.1 Å². The molecule has 1 atom stereocenters. The lowest BCUT2D eigenvalue weighted by atomic mass is 9.86. The second-order valence-electron chi connectivity index (χ2n) is 5.95. The van der Waals surface area contributed by atoms with Gasteiger partial charge in [-0.25, -0.2) is 13.8 Å². The molecule has 1 aromatic carbocycles. The van der Waals surface area contributed by atoms with Crippen molar-refractivity contribution in [2.45, 2.75) is 33.4 Å². The van der Waals surface area contributed by atoms with Crippen molar-refractivity contribution in [2.75, 3.05) is 14.2 Å². The molecule has 1 rings (SSSR count). The third kappa shape index (κ3) is 4.47. The highest BCUT2D eigenvalue weighted by Crippen LogP contribution is 2.24. The first-order valence-corrected chi connectivity index (χ1v) is 6.65. The summed E-state index contributed by atoms with van der Waals surface area (Å²) >= 11 is 0. The van der Waals surface area contributed by atoms with Crippen molar-refractivity contribution in [3.8, 4) is 0 Å². The van der Waals surface area contributed by atoms with Gasteiger partial charge in [-0.3, -0.25) is 10.2 Å². The third-order valence-corrected chi connectivity index (χ3v) is 3.18. The van der Waals surface area contributed by atoms with Gasteiger partial charge in [0.1, 0.15) is 6.04 Å². The van der Waals surface area contributed by atoms with Crippen LogP contribution in [0.1, 0.15) is 26.3 Å². The normalized spacial score (nSPS) is 13.3. The molecule has 0 saturated heterocycles. The summed E-state index contributed by atoms with van der Waals surface area (Å²) < 4.78 is 31.5. The molecule has 0 saturated carbocycles. The minimum absolute atomic E-state index is 0.0731. The molecule has 118 valence electrons. The lowest BCUT2D eigenvalue weighted by Crippen LogP contribution is -2.53. The van der Waals surface area contributed by atoms with Crippen LogP contribution < -0.4 is 5.43 Å². The van der Waals surface area contributed by atoms with Crippen LogP contribution in [-0.4, -0.2) is 31.2 Å². The number of ether oxygens (including phenoxy) is 1. The molecule has 0 aliphatic carbocycles. The summed E-state index contributed by atoms with van der Waals surface area (Å²) in [4.78, 5) is 11.9. The zero-order valence-corrected chi connectivity index (χ0v) is 13.0. The SMILES string of the molecule is COC(=O)[C@@H](N(C)NCc1cccc(F)c1F)C(C)(C)C. The number of hydrogen-bond acceptors (Lipinski definition) is 4. The summed E-state index contributed by atoms with van der Waals surface area (Å²) in [6, 6.07) is 3.44. The monoisotopic (exact) mass is 300 g/mol. The van der Waals surface area contributed by atoms with E-state index in [4.69, 9.17) is 4.74 Å². The number of rotatable bonds is 5. The fourth-order valence-electron chi connectivity index (χ4n) is 2.19. The van der Waals surface area contributed by atoms with E-state index in [0.717, 1.165) is 6.07 Å². The molecule has 0 aromatic heterocycles. The van der Waals surface area contributed by atoms with E-state index in [2.05, 4.69) is 5.43 Å². The van der Waals surface area contributed by atoms with Crippen molar-refractivity contribution < 1.29 is 18.3 Å². The van der Waals surface area contributed by atoms with Gasteiger partial charge in [-0.1, -0.05) is 32.9 Å². The van der Waals surface area contributed by atoms with Crippen LogP contribution in [0.5, 0.6) is 0 Å². The van der Waals surface area contributed by atoms with Crippen molar-refractivity contribution in [1.82, 2.24) is 10.4 Å². The molecular formula is C15H22F2N2O2. The van der Waals surface area contributed by atoms with Crippen LogP contribution in [-0.2, 0) is 16.1 Å². The van der Waals surface area contributed by atoms with Crippen LogP contribution in [0.15, 0.2) is 18.2 Å². The molecule has 21 heavy (non-hydrogen) atoms. The average Bonchev–Trinajstić information content (AvgIpc) is 2.38. The van der Waals surface area contributed by atoms with Gasteiger partial charge < -0.3 is 4.74 Å². The summed E-state index contributed by atoms with van der Waals surface area (Å²) in [6.45, 7) is 5.77. The highest BCUT2D eigenvalue weighted by atomic mass is 19.2. The first-order chi connectivity index (χ1) is 9.68. The highest BCUT2D eigenvalue weighted by molar-refractivity contribution is 5.76. The summed E-state index contributed by atoms with van der Waals surface area (Å²) in [6.07, 6.45) is 0. The van der Waals surface area contributed by atoms with Gasteiger partial charge in [0.25, 0.3) is 0 Å². The van der Waals surface area contributed by atoms with Crippen LogP contribution in [0, 0.1) is 17.0 Å². The standard InChI is InChI=1S/C15H22F2N2O2/c1-15(2,3)13(14(20)21-5)19(4)18-9-10-7-6-8-11(16)12(10)17/h6-8,13,18H,9H2,1-5H3/t13-/m1/s1. The molecule has 6 heteroatoms. The van der Waals surface area contributed by atoms with Gasteiger partial charge in [0.2, 0.25) is 0 Å². The molecule has 0 aliphatic heterocycles. The second kappa shape index (κ2) is 6.95. The van der Waals surface area contributed by atoms with Gasteiger partial charge in [-0.2, -0.15) is 0 Å². The van der Waals surface area contributed by atoms with E-state index >= 15 is 0 Å². The maximum Gasteiger partial charge on any atom is 0.325 e. The zero-order valence-electron chi connectivity index (χ0n) is 13.0. The molecular weight excluding hydrogens is 278 g/mol. The lowest BCUT2D eigenvalue weighted by Gasteiger charge is -2.35. The lowest BCUT2D eigenvalue weighted by molar-refractivity contribution is -0.152. The third-order valence-electron chi connectivity index (χ3n) is 3.18. The summed E-state index contributed by atoms with van der Waals surface area (Å²) in [5.74, 6) is -2.17. The Hall–Kier alpha value is -1.53. The van der Waals surface area contributed by atoms with Gasteiger partial charge in [0.05, 0.1) is 7.11 Å². The van der Waals surface area contributed by atoms with Gasteiger partial charge in [-0.05, 0) is 11.5 Å². The molecule has 0 fully saturated rings. The number of hydrogen-bond donors (Lipinski definition) is 1. The van der Waals surface area contributed by atoms with E-state index in [0.29, 0.717) is 0 Å². The van der Waals surface area contributed by atoms with Crippen LogP contribution in [0.2, 0.25) is 0 Å². The average molecular weight is 300 g/mol. The molecule has 0 unspecified atom stereocenters. The number of methoxy groups -OCH3 is 1. The van der Waals surface area contributed by atoms with E-state index in [9.17, 15) is 13.6 Å². The van der Waals surface area contributed by atoms with E-state index in [1.165, 1.54) is 19.2 Å². The maximum atomic E-state index is 13.6. The van der Waals surface area contributed by atoms with E-state index < -0.39 is 23.6 Å². The van der Waals surface area contributed by atoms with Crippen molar-refractivity contribution in [3.63, 3.8) is 0 Å². The number of carbonyl (C=O) groups excluding carboxylic acids is 1. The van der Waals surface area contributed by atoms with Crippen molar-refractivity contribution >= 4 is 5.97 Å². The molecule has 0 heterocycles. The minimum Gasteiger partial charge on any atom is -0.468 e. The number of halogens is 2. The molecule has 0 bridgehead atoms. The quantitative estimate of drug-likeness (QED) is 0.670. The van der Waals surface area contributed by atoms with Crippen LogP contribution >= 0.6 is 0 Å². The van der Waals surface area contributed by atoms with Crippen molar-refractivity contribution in [2.24, 2.45) is 5.41 Å². The molecule has 0 aliphatic rings. The van der Waals surface area contributed by atoms with Gasteiger partial charge in [0, 0.05) is 19.2 Å². The Labute approximate surface area is 124 Å². The van der Waals surface area contributed by atoms with Gasteiger partial charge in [0.15, 0.2) is 11.6 Å². The minimum atomic E-state index is -0.891. The van der Waals surface area contributed by atoms with Crippen LogP contribution in [0.25, 0.3) is 0 Å². The largest absolute Gasteiger partial charge is 0.468 e. The molecule has 1 aromatic rings. The molecule has 0 radical (unpaired) electrons. The zero-order chi connectivity index (χ0) is 16.2. The number of nitrogens with one attached hydrogen (secondary N) is 1. The predicted molar refractivity (Wildman–Crippen MR) is 76.2 cm³/mol. The number of likely N-dealkylation sites (N-methyl/N-ethyl adjacent to an activating group) is 1. The fraction of sp³-hybridized carbons (Fsp3) is 0.533. The smallest absolute Gasteiger partial charge is 0.325 e. The van der Waals surface area contributed by atoms with Crippen molar-refractivity contribution in [3.05, 3.63) is 35.4 Å². The Bertz CT molecular complexity index is 501. The number of carbonyl (C=O) groups is 1. The Morgan fingerprint density at radius 1 is 1.38 bits per heavy atom. The number of hydrazine groups is 1. The van der Waals surface area contributed by atoms with E-state index in [-0.39, 0.29) is 17.5 Å². The number of nitrogens with zero attached hydrogens (tertiary/aromatic N) is 1. The van der Waals surface area contributed by atoms with Gasteiger partial charge >= 0.3 is 5.97 Å². The van der Waals surface area contributed by atoms with Gasteiger partial charge in [-0.15, -0.1) is 0 Å². The molecule has 0 amide bonds. The van der Waals surface area contributed by atoms with E-state index in [1.807, 2.05) is 20.8 Å². The summed E-state index contributed by atoms with van der Waals surface area (Å²) in [5, 5.41) is 1.57. The summed E-state index contributed by atoms with van der Waals surface area (Å²) in [7, 11) is 2.99. The summed E-state index contributed by atoms with van der Waals surface area (Å²) in [5.41, 5.74) is 2.73. The topological polar surface area (TPSA) is 41.6 Å². The highest BCUT2D eigenvalue weighted by Gasteiger charge is 2.35.